The van der Waals surface area contributed by atoms with Crippen molar-refractivity contribution < 1.29 is 10.0 Å². The topological polar surface area (TPSA) is 58.3 Å². The van der Waals surface area contributed by atoms with Crippen LogP contribution in [0.3, 0.4) is 0 Å². The first-order chi connectivity index (χ1) is 8.25. The number of hydrogen-bond acceptors (Lipinski definition) is 3. The van der Waals surface area contributed by atoms with Crippen LogP contribution < -0.4 is 5.46 Å². The Bertz CT molecular complexity index is 518. The van der Waals surface area contributed by atoms with Gasteiger partial charge in [0.15, 0.2) is 0 Å². The highest BCUT2D eigenvalue weighted by atomic mass is 16.4. The van der Waals surface area contributed by atoms with Gasteiger partial charge in [-0.15, -0.1) is 0 Å². The van der Waals surface area contributed by atoms with Gasteiger partial charge in [0.25, 0.3) is 0 Å². The summed E-state index contributed by atoms with van der Waals surface area (Å²) in [6, 6.07) is 9.17. The average Bonchev–Trinajstić information content (AvgIpc) is 3.07. The molecule has 17 heavy (non-hydrogen) atoms. The molecule has 2 N–H and O–H groups in total. The molecule has 0 bridgehead atoms. The Labute approximate surface area is 99.7 Å². The molecule has 2 aromatic rings. The van der Waals surface area contributed by atoms with E-state index in [1.807, 2.05) is 29.1 Å². The number of nitrogens with zero attached hydrogens (tertiary/aromatic N) is 2. The van der Waals surface area contributed by atoms with E-state index in [2.05, 4.69) is 5.10 Å². The summed E-state index contributed by atoms with van der Waals surface area (Å²) in [6.45, 7) is 0. The van der Waals surface area contributed by atoms with Crippen molar-refractivity contribution in [1.29, 1.82) is 0 Å². The molecule has 0 aliphatic heterocycles. The molecular weight excluding hydrogens is 215 g/mol. The van der Waals surface area contributed by atoms with Crippen molar-refractivity contribution in [1.82, 2.24) is 9.78 Å². The molecule has 1 aliphatic rings. The number of aromatic nitrogens is 2. The van der Waals surface area contributed by atoms with Gasteiger partial charge in [-0.2, -0.15) is 5.10 Å². The minimum atomic E-state index is -1.41. The molecule has 0 spiro atoms. The van der Waals surface area contributed by atoms with Crippen molar-refractivity contribution in [3.8, 4) is 5.69 Å². The first-order valence-electron chi connectivity index (χ1n) is 5.76. The fourth-order valence-electron chi connectivity index (χ4n) is 2.01. The highest BCUT2D eigenvalue weighted by Crippen LogP contribution is 2.40. The van der Waals surface area contributed by atoms with Crippen molar-refractivity contribution in [2.75, 3.05) is 0 Å². The number of rotatable bonds is 3. The van der Waals surface area contributed by atoms with Gasteiger partial charge in [-0.3, -0.25) is 0 Å². The minimum Gasteiger partial charge on any atom is -0.423 e. The van der Waals surface area contributed by atoms with Crippen LogP contribution in [0.2, 0.25) is 0 Å². The van der Waals surface area contributed by atoms with Crippen molar-refractivity contribution >= 4 is 12.6 Å². The first kappa shape index (κ1) is 10.6. The molecule has 5 heteroatoms. The Kier molecular flexibility index (Phi) is 2.50. The van der Waals surface area contributed by atoms with Gasteiger partial charge in [0.05, 0.1) is 5.69 Å². The maximum absolute atomic E-state index is 9.03. The van der Waals surface area contributed by atoms with Crippen molar-refractivity contribution in [3.05, 3.63) is 42.2 Å². The standard InChI is InChI=1S/C12H13BN2O2/c16-13(17)10-3-5-11(6-4-10)15-12(7-8-14-15)9-1-2-9/h3-9,16-17H,1-2H2. The fourth-order valence-corrected chi connectivity index (χ4v) is 2.01. The van der Waals surface area contributed by atoms with E-state index in [0.717, 1.165) is 5.69 Å². The summed E-state index contributed by atoms with van der Waals surface area (Å²) >= 11 is 0. The van der Waals surface area contributed by atoms with Crippen molar-refractivity contribution in [2.45, 2.75) is 18.8 Å². The molecular formula is C12H13BN2O2. The Morgan fingerprint density at radius 3 is 2.41 bits per heavy atom. The predicted molar refractivity (Wildman–Crippen MR) is 65.4 cm³/mol. The second-order valence-corrected chi connectivity index (χ2v) is 4.41. The van der Waals surface area contributed by atoms with Gasteiger partial charge in [0.1, 0.15) is 0 Å². The Morgan fingerprint density at radius 2 is 1.82 bits per heavy atom. The summed E-state index contributed by atoms with van der Waals surface area (Å²) in [5.74, 6) is 0.639. The molecule has 3 rings (SSSR count). The molecule has 0 saturated heterocycles. The second-order valence-electron chi connectivity index (χ2n) is 4.41. The van der Waals surface area contributed by atoms with Crippen LogP contribution in [0.1, 0.15) is 24.5 Å². The summed E-state index contributed by atoms with van der Waals surface area (Å²) in [5, 5.41) is 22.4. The van der Waals surface area contributed by atoms with Crippen molar-refractivity contribution in [2.24, 2.45) is 0 Å². The highest BCUT2D eigenvalue weighted by molar-refractivity contribution is 6.58. The lowest BCUT2D eigenvalue weighted by Crippen LogP contribution is -2.29. The summed E-state index contributed by atoms with van der Waals surface area (Å²) in [4.78, 5) is 0. The quantitative estimate of drug-likeness (QED) is 0.749. The number of hydrogen-bond donors (Lipinski definition) is 2. The third-order valence-corrected chi connectivity index (χ3v) is 3.10. The SMILES string of the molecule is OB(O)c1ccc(-n2nccc2C2CC2)cc1. The maximum atomic E-state index is 9.03. The van der Waals surface area contributed by atoms with E-state index in [4.69, 9.17) is 10.0 Å². The Hall–Kier alpha value is -1.59. The maximum Gasteiger partial charge on any atom is 0.488 e. The minimum absolute atomic E-state index is 0.494. The normalized spacial score (nSPS) is 14.9. The first-order valence-corrected chi connectivity index (χ1v) is 5.76. The summed E-state index contributed by atoms with van der Waals surface area (Å²) in [5.41, 5.74) is 2.69. The largest absolute Gasteiger partial charge is 0.488 e. The van der Waals surface area contributed by atoms with E-state index >= 15 is 0 Å². The molecule has 1 aromatic carbocycles. The van der Waals surface area contributed by atoms with Crippen LogP contribution in [0.25, 0.3) is 5.69 Å². The van der Waals surface area contributed by atoms with E-state index < -0.39 is 7.12 Å². The lowest BCUT2D eigenvalue weighted by Gasteiger charge is -2.07. The molecule has 4 nitrogen and oxygen atoms in total. The van der Waals surface area contributed by atoms with Gasteiger partial charge in [-0.1, -0.05) is 12.1 Å². The van der Waals surface area contributed by atoms with E-state index in [1.54, 1.807) is 12.1 Å². The average molecular weight is 228 g/mol. The van der Waals surface area contributed by atoms with Gasteiger partial charge >= 0.3 is 7.12 Å². The zero-order valence-electron chi connectivity index (χ0n) is 9.32. The van der Waals surface area contributed by atoms with Crippen LogP contribution in [0.5, 0.6) is 0 Å². The lowest BCUT2D eigenvalue weighted by atomic mass is 9.80. The molecule has 1 fully saturated rings. The zero-order chi connectivity index (χ0) is 11.8. The number of benzene rings is 1. The predicted octanol–water partition coefficient (Wildman–Crippen LogP) is 0.429. The molecule has 1 aromatic heterocycles. The monoisotopic (exact) mass is 228 g/mol. The van der Waals surface area contributed by atoms with Crippen LogP contribution in [-0.2, 0) is 0 Å². The van der Waals surface area contributed by atoms with E-state index in [9.17, 15) is 0 Å². The van der Waals surface area contributed by atoms with Gasteiger partial charge in [-0.25, -0.2) is 4.68 Å². The smallest absolute Gasteiger partial charge is 0.423 e. The van der Waals surface area contributed by atoms with Crippen LogP contribution in [0.15, 0.2) is 36.5 Å². The molecule has 1 aliphatic carbocycles. The third kappa shape index (κ3) is 1.99. The molecule has 1 saturated carbocycles. The third-order valence-electron chi connectivity index (χ3n) is 3.10. The van der Waals surface area contributed by atoms with Crippen LogP contribution >= 0.6 is 0 Å². The van der Waals surface area contributed by atoms with E-state index in [1.165, 1.54) is 18.5 Å². The van der Waals surface area contributed by atoms with E-state index in [0.29, 0.717) is 11.4 Å². The lowest BCUT2D eigenvalue weighted by molar-refractivity contribution is 0.426. The summed E-state index contributed by atoms with van der Waals surface area (Å²) < 4.78 is 1.92. The molecule has 1 heterocycles. The van der Waals surface area contributed by atoms with Gasteiger partial charge < -0.3 is 10.0 Å². The van der Waals surface area contributed by atoms with Gasteiger partial charge in [-0.05, 0) is 36.5 Å². The summed E-state index contributed by atoms with van der Waals surface area (Å²) in [6.07, 6.45) is 4.28. The Balaban J connectivity index is 1.95. The molecule has 0 radical (unpaired) electrons. The van der Waals surface area contributed by atoms with Crippen molar-refractivity contribution in [3.63, 3.8) is 0 Å². The molecule has 0 atom stereocenters. The van der Waals surface area contributed by atoms with Gasteiger partial charge in [0, 0.05) is 17.8 Å². The van der Waals surface area contributed by atoms with E-state index in [-0.39, 0.29) is 0 Å². The molecule has 0 unspecified atom stereocenters. The van der Waals surface area contributed by atoms with Crippen LogP contribution in [-0.4, -0.2) is 26.9 Å². The molecule has 86 valence electrons. The van der Waals surface area contributed by atoms with Crippen LogP contribution in [0, 0.1) is 0 Å². The van der Waals surface area contributed by atoms with Gasteiger partial charge in [0.2, 0.25) is 0 Å². The highest BCUT2D eigenvalue weighted by Gasteiger charge is 2.27. The zero-order valence-corrected chi connectivity index (χ0v) is 9.32. The second kappa shape index (κ2) is 4.02. The Morgan fingerprint density at radius 1 is 1.12 bits per heavy atom. The fraction of sp³-hybridized carbons (Fsp3) is 0.250. The van der Waals surface area contributed by atoms with Crippen LogP contribution in [0.4, 0.5) is 0 Å². The molecule has 0 amide bonds. The summed E-state index contributed by atoms with van der Waals surface area (Å²) in [7, 11) is -1.41.